The number of thiophene rings is 1. The summed E-state index contributed by atoms with van der Waals surface area (Å²) in [4.78, 5) is 15.2. The summed E-state index contributed by atoms with van der Waals surface area (Å²) in [6.07, 6.45) is 2.37. The fourth-order valence-corrected chi connectivity index (χ4v) is 3.65. The predicted octanol–water partition coefficient (Wildman–Crippen LogP) is 2.44. The lowest BCUT2D eigenvalue weighted by molar-refractivity contribution is 0.0739. The molecule has 1 amide bonds. The van der Waals surface area contributed by atoms with Gasteiger partial charge < -0.3 is 10.2 Å². The summed E-state index contributed by atoms with van der Waals surface area (Å²) in [5.41, 5.74) is 3.44. The van der Waals surface area contributed by atoms with Gasteiger partial charge in [-0.25, -0.2) is 0 Å². The topological polar surface area (TPSA) is 111 Å². The number of amides is 1. The number of nitrogens with zero attached hydrogens (tertiary/aromatic N) is 5. The Morgan fingerprint density at radius 2 is 2.30 bits per heavy atom. The number of nitriles is 1. The van der Waals surface area contributed by atoms with Crippen molar-refractivity contribution in [2.45, 2.75) is 13.0 Å². The van der Waals surface area contributed by atoms with Crippen molar-refractivity contribution >= 4 is 28.5 Å². The molecule has 1 aromatic carbocycles. The van der Waals surface area contributed by atoms with E-state index in [1.54, 1.807) is 6.20 Å². The largest absolute Gasteiger partial charge is 0.360 e. The lowest BCUT2D eigenvalue weighted by Crippen LogP contribution is -2.35. The number of carbonyl (C=O) groups is 1. The lowest BCUT2D eigenvalue weighted by atomic mass is 9.99. The Labute approximate surface area is 159 Å². The monoisotopic (exact) mass is 377 g/mol. The maximum absolute atomic E-state index is 12.6. The molecule has 3 aromatic rings. The molecule has 0 spiro atoms. The van der Waals surface area contributed by atoms with Crippen molar-refractivity contribution in [3.63, 3.8) is 0 Å². The van der Waals surface area contributed by atoms with E-state index in [9.17, 15) is 10.1 Å². The molecular formula is C18H15N7OS. The second-order valence-electron chi connectivity index (χ2n) is 5.99. The summed E-state index contributed by atoms with van der Waals surface area (Å²) in [7, 11) is 0. The van der Waals surface area contributed by atoms with Crippen LogP contribution in [0.5, 0.6) is 0 Å². The molecule has 0 saturated heterocycles. The molecule has 0 fully saturated rings. The van der Waals surface area contributed by atoms with Crippen molar-refractivity contribution in [3.8, 4) is 6.07 Å². The summed E-state index contributed by atoms with van der Waals surface area (Å²) in [6, 6.07) is 11.8. The lowest BCUT2D eigenvalue weighted by Gasteiger charge is -2.29. The third kappa shape index (κ3) is 3.56. The number of hydrogen-bond donors (Lipinski definition) is 2. The van der Waals surface area contributed by atoms with E-state index in [0.717, 1.165) is 22.5 Å². The molecule has 3 heterocycles. The molecule has 9 heteroatoms. The molecule has 1 aliphatic heterocycles. The van der Waals surface area contributed by atoms with E-state index >= 15 is 0 Å². The number of nitrogens with one attached hydrogen (secondary N) is 2. The first-order valence-corrected chi connectivity index (χ1v) is 9.18. The van der Waals surface area contributed by atoms with Crippen LogP contribution in [0.2, 0.25) is 0 Å². The summed E-state index contributed by atoms with van der Waals surface area (Å²) in [6.45, 7) is 1.29. The van der Waals surface area contributed by atoms with Crippen LogP contribution in [-0.2, 0) is 13.0 Å². The van der Waals surface area contributed by atoms with Gasteiger partial charge in [-0.2, -0.15) is 10.5 Å². The zero-order chi connectivity index (χ0) is 18.6. The van der Waals surface area contributed by atoms with Crippen molar-refractivity contribution in [2.75, 3.05) is 11.9 Å². The number of hydrogen-bond acceptors (Lipinski definition) is 7. The highest BCUT2D eigenvalue weighted by atomic mass is 32.1. The van der Waals surface area contributed by atoms with Crippen molar-refractivity contribution in [3.05, 3.63) is 63.7 Å². The predicted molar refractivity (Wildman–Crippen MR) is 101 cm³/mol. The van der Waals surface area contributed by atoms with E-state index in [2.05, 4.69) is 32.0 Å². The average Bonchev–Trinajstić information content (AvgIpc) is 3.41. The SMILES string of the molecule is N#CC(=CNc1ccc2c(c1)CN(C(=O)c1cccs1)CC2)c1nn[nH]n1. The van der Waals surface area contributed by atoms with Crippen LogP contribution >= 0.6 is 11.3 Å². The van der Waals surface area contributed by atoms with Crippen molar-refractivity contribution in [1.29, 1.82) is 5.26 Å². The van der Waals surface area contributed by atoms with E-state index in [-0.39, 0.29) is 17.3 Å². The molecule has 2 aromatic heterocycles. The Morgan fingerprint density at radius 1 is 1.37 bits per heavy atom. The van der Waals surface area contributed by atoms with E-state index in [0.29, 0.717) is 13.1 Å². The van der Waals surface area contributed by atoms with Crippen molar-refractivity contribution < 1.29 is 4.79 Å². The Morgan fingerprint density at radius 3 is 3.04 bits per heavy atom. The van der Waals surface area contributed by atoms with Crippen LogP contribution in [0.4, 0.5) is 5.69 Å². The Kier molecular flexibility index (Phi) is 4.63. The third-order valence-corrected chi connectivity index (χ3v) is 5.19. The van der Waals surface area contributed by atoms with Crippen LogP contribution in [0.15, 0.2) is 41.9 Å². The molecule has 0 aliphatic carbocycles. The van der Waals surface area contributed by atoms with E-state index in [4.69, 9.17) is 0 Å². The molecule has 0 atom stereocenters. The van der Waals surface area contributed by atoms with E-state index in [1.165, 1.54) is 16.9 Å². The number of anilines is 1. The maximum atomic E-state index is 12.6. The fourth-order valence-electron chi connectivity index (χ4n) is 2.95. The second kappa shape index (κ2) is 7.39. The first kappa shape index (κ1) is 16.9. The number of aromatic amines is 1. The number of fused-ring (bicyclic) bond motifs is 1. The van der Waals surface area contributed by atoms with Gasteiger partial charge in [-0.15, -0.1) is 21.5 Å². The highest BCUT2D eigenvalue weighted by molar-refractivity contribution is 7.12. The molecule has 0 bridgehead atoms. The Balaban J connectivity index is 1.51. The minimum atomic E-state index is 0.0674. The van der Waals surface area contributed by atoms with Gasteiger partial charge in [-0.05, 0) is 46.3 Å². The van der Waals surface area contributed by atoms with Crippen LogP contribution in [-0.4, -0.2) is 38.0 Å². The quantitative estimate of drug-likeness (QED) is 0.676. The van der Waals surface area contributed by atoms with Gasteiger partial charge in [0.05, 0.1) is 4.88 Å². The molecule has 1 aliphatic rings. The normalized spacial score (nSPS) is 13.7. The van der Waals surface area contributed by atoms with Crippen LogP contribution in [0.3, 0.4) is 0 Å². The first-order chi connectivity index (χ1) is 13.2. The number of benzene rings is 1. The Hall–Kier alpha value is -3.51. The molecule has 0 radical (unpaired) electrons. The van der Waals surface area contributed by atoms with Crippen molar-refractivity contribution in [2.24, 2.45) is 0 Å². The summed E-state index contributed by atoms with van der Waals surface area (Å²) < 4.78 is 0. The molecule has 4 rings (SSSR count). The number of tetrazole rings is 1. The van der Waals surface area contributed by atoms with Gasteiger partial charge in [0.1, 0.15) is 11.6 Å². The number of rotatable bonds is 4. The van der Waals surface area contributed by atoms with Gasteiger partial charge in [0.25, 0.3) is 5.91 Å². The fraction of sp³-hybridized carbons (Fsp3) is 0.167. The van der Waals surface area contributed by atoms with Crippen LogP contribution in [0, 0.1) is 11.3 Å². The van der Waals surface area contributed by atoms with Gasteiger partial charge in [-0.3, -0.25) is 4.79 Å². The average molecular weight is 377 g/mol. The highest BCUT2D eigenvalue weighted by Gasteiger charge is 2.22. The zero-order valence-corrected chi connectivity index (χ0v) is 15.0. The zero-order valence-electron chi connectivity index (χ0n) is 14.2. The number of allylic oxidation sites excluding steroid dienone is 1. The number of H-pyrrole nitrogens is 1. The minimum absolute atomic E-state index is 0.0674. The number of aromatic nitrogens is 4. The van der Waals surface area contributed by atoms with Gasteiger partial charge >= 0.3 is 0 Å². The molecule has 0 unspecified atom stereocenters. The summed E-state index contributed by atoms with van der Waals surface area (Å²) in [5.74, 6) is 0.300. The maximum Gasteiger partial charge on any atom is 0.264 e. The Bertz CT molecular complexity index is 1020. The second-order valence-corrected chi connectivity index (χ2v) is 6.93. The van der Waals surface area contributed by atoms with Gasteiger partial charge in [-0.1, -0.05) is 12.1 Å². The smallest absolute Gasteiger partial charge is 0.264 e. The van der Waals surface area contributed by atoms with Crippen LogP contribution in [0.25, 0.3) is 5.57 Å². The number of carbonyl (C=O) groups excluding carboxylic acids is 1. The van der Waals surface area contributed by atoms with Gasteiger partial charge in [0, 0.05) is 25.0 Å². The summed E-state index contributed by atoms with van der Waals surface area (Å²) >= 11 is 1.46. The molecule has 8 nitrogen and oxygen atoms in total. The highest BCUT2D eigenvalue weighted by Crippen LogP contribution is 2.25. The van der Waals surface area contributed by atoms with Crippen molar-refractivity contribution in [1.82, 2.24) is 25.5 Å². The molecular weight excluding hydrogens is 362 g/mol. The van der Waals surface area contributed by atoms with E-state index < -0.39 is 0 Å². The van der Waals surface area contributed by atoms with E-state index in [1.807, 2.05) is 40.6 Å². The molecule has 134 valence electrons. The molecule has 2 N–H and O–H groups in total. The summed E-state index contributed by atoms with van der Waals surface area (Å²) in [5, 5.41) is 27.6. The van der Waals surface area contributed by atoms with Crippen LogP contribution in [0.1, 0.15) is 26.6 Å². The van der Waals surface area contributed by atoms with Gasteiger partial charge in [0.2, 0.25) is 5.82 Å². The standard InChI is InChI=1S/C18H15N7OS/c19-9-14(17-21-23-24-22-17)10-20-15-4-3-12-5-6-25(11-13(12)8-15)18(26)16-2-1-7-27-16/h1-4,7-8,10,20H,5-6,11H2,(H,21,22,23,24). The van der Waals surface area contributed by atoms with Crippen LogP contribution < -0.4 is 5.32 Å². The molecule has 27 heavy (non-hydrogen) atoms. The third-order valence-electron chi connectivity index (χ3n) is 4.33. The first-order valence-electron chi connectivity index (χ1n) is 8.30. The molecule has 0 saturated carbocycles. The van der Waals surface area contributed by atoms with Gasteiger partial charge in [0.15, 0.2) is 0 Å². The minimum Gasteiger partial charge on any atom is -0.360 e.